The van der Waals surface area contributed by atoms with E-state index in [1.807, 2.05) is 12.1 Å². The number of nitrogens with zero attached hydrogens (tertiary/aromatic N) is 6. The van der Waals surface area contributed by atoms with Crippen molar-refractivity contribution in [2.24, 2.45) is 5.73 Å². The average molecular weight is 416 g/mol. The topological polar surface area (TPSA) is 124 Å². The van der Waals surface area contributed by atoms with Crippen LogP contribution in [0, 0.1) is 0 Å². The highest BCUT2D eigenvalue weighted by molar-refractivity contribution is 5.93. The zero-order valence-electron chi connectivity index (χ0n) is 16.6. The van der Waals surface area contributed by atoms with Gasteiger partial charge in [-0.3, -0.25) is 4.79 Å². The summed E-state index contributed by atoms with van der Waals surface area (Å²) in [6.07, 6.45) is 4.96. The first-order valence-electron chi connectivity index (χ1n) is 9.84. The second kappa shape index (κ2) is 8.00. The van der Waals surface area contributed by atoms with Crippen LogP contribution in [0.4, 0.5) is 17.3 Å². The Balaban J connectivity index is 1.40. The summed E-state index contributed by atoms with van der Waals surface area (Å²) in [5.74, 6) is 1.02. The number of nitrogens with one attached hydrogen (secondary N) is 1. The fourth-order valence-electron chi connectivity index (χ4n) is 3.48. The summed E-state index contributed by atoms with van der Waals surface area (Å²) in [5, 5.41) is 7.59. The molecular weight excluding hydrogens is 396 g/mol. The van der Waals surface area contributed by atoms with Crippen LogP contribution in [-0.2, 0) is 4.74 Å². The molecule has 0 aliphatic carbocycles. The molecule has 0 unspecified atom stereocenters. The summed E-state index contributed by atoms with van der Waals surface area (Å²) in [6.45, 7) is 3.11. The van der Waals surface area contributed by atoms with Crippen molar-refractivity contribution in [3.63, 3.8) is 0 Å². The molecule has 1 aromatic carbocycles. The van der Waals surface area contributed by atoms with E-state index < -0.39 is 5.91 Å². The predicted molar refractivity (Wildman–Crippen MR) is 115 cm³/mol. The zero-order valence-corrected chi connectivity index (χ0v) is 16.6. The fourth-order valence-corrected chi connectivity index (χ4v) is 3.48. The van der Waals surface area contributed by atoms with Gasteiger partial charge in [0.25, 0.3) is 0 Å². The van der Waals surface area contributed by atoms with Crippen LogP contribution >= 0.6 is 0 Å². The molecule has 0 radical (unpaired) electrons. The molecule has 1 saturated heterocycles. The first-order valence-corrected chi connectivity index (χ1v) is 9.84. The zero-order chi connectivity index (χ0) is 21.2. The number of morpholine rings is 1. The van der Waals surface area contributed by atoms with Crippen LogP contribution < -0.4 is 16.0 Å². The monoisotopic (exact) mass is 416 g/mol. The smallest absolute Gasteiger partial charge is 0.248 e. The van der Waals surface area contributed by atoms with Gasteiger partial charge in [0.1, 0.15) is 12.1 Å². The van der Waals surface area contributed by atoms with Crippen LogP contribution in [0.15, 0.2) is 55.1 Å². The Morgan fingerprint density at radius 3 is 2.52 bits per heavy atom. The molecular formula is C21H20N8O2. The van der Waals surface area contributed by atoms with Crippen LogP contribution in [0.3, 0.4) is 0 Å². The van der Waals surface area contributed by atoms with E-state index in [4.69, 9.17) is 10.5 Å². The Kier molecular flexibility index (Phi) is 4.89. The van der Waals surface area contributed by atoms with Crippen molar-refractivity contribution in [2.45, 2.75) is 0 Å². The number of hydrogen-bond donors (Lipinski definition) is 2. The quantitative estimate of drug-likeness (QED) is 0.505. The highest BCUT2D eigenvalue weighted by atomic mass is 16.5. The number of carbonyl (C=O) groups is 1. The van der Waals surface area contributed by atoms with Gasteiger partial charge in [-0.15, -0.1) is 0 Å². The minimum atomic E-state index is -0.469. The molecule has 10 heteroatoms. The highest BCUT2D eigenvalue weighted by Gasteiger charge is 2.14. The first kappa shape index (κ1) is 18.9. The predicted octanol–water partition coefficient (Wildman–Crippen LogP) is 1.87. The summed E-state index contributed by atoms with van der Waals surface area (Å²) in [6, 6.07) is 10.9. The lowest BCUT2D eigenvalue weighted by Gasteiger charge is -2.27. The van der Waals surface area contributed by atoms with E-state index in [0.29, 0.717) is 30.2 Å². The Hall–Kier alpha value is -4.05. The maximum absolute atomic E-state index is 11.3. The molecule has 0 saturated carbocycles. The molecule has 1 aliphatic rings. The van der Waals surface area contributed by atoms with Gasteiger partial charge in [0.2, 0.25) is 5.91 Å². The van der Waals surface area contributed by atoms with Gasteiger partial charge < -0.3 is 20.7 Å². The third-order valence-electron chi connectivity index (χ3n) is 5.11. The maximum atomic E-state index is 11.3. The number of ether oxygens (including phenoxy) is 1. The molecule has 5 rings (SSSR count). The van der Waals surface area contributed by atoms with Crippen LogP contribution in [0.5, 0.6) is 0 Å². The van der Waals surface area contributed by atoms with Crippen LogP contribution in [-0.4, -0.2) is 56.8 Å². The van der Waals surface area contributed by atoms with Crippen LogP contribution in [0.1, 0.15) is 10.4 Å². The van der Waals surface area contributed by atoms with Crippen molar-refractivity contribution in [1.82, 2.24) is 24.6 Å². The van der Waals surface area contributed by atoms with Crippen molar-refractivity contribution in [3.05, 3.63) is 60.7 Å². The molecule has 31 heavy (non-hydrogen) atoms. The van der Waals surface area contributed by atoms with Crippen molar-refractivity contribution >= 4 is 28.9 Å². The van der Waals surface area contributed by atoms with Crippen molar-refractivity contribution in [2.75, 3.05) is 36.5 Å². The Morgan fingerprint density at radius 2 is 1.81 bits per heavy atom. The lowest BCUT2D eigenvalue weighted by Crippen LogP contribution is -2.36. The number of fused-ring (bicyclic) bond motifs is 1. The number of amides is 1. The Bertz CT molecular complexity index is 1210. The van der Waals surface area contributed by atoms with Gasteiger partial charge in [0.05, 0.1) is 37.0 Å². The number of pyridine rings is 1. The van der Waals surface area contributed by atoms with E-state index in [-0.39, 0.29) is 0 Å². The van der Waals surface area contributed by atoms with Gasteiger partial charge in [-0.1, -0.05) is 12.1 Å². The lowest BCUT2D eigenvalue weighted by molar-refractivity contribution is 0.100. The van der Waals surface area contributed by atoms with Gasteiger partial charge in [-0.2, -0.15) is 5.10 Å². The molecule has 10 nitrogen and oxygen atoms in total. The number of rotatable bonds is 5. The van der Waals surface area contributed by atoms with Gasteiger partial charge >= 0.3 is 0 Å². The summed E-state index contributed by atoms with van der Waals surface area (Å²) in [4.78, 5) is 26.9. The van der Waals surface area contributed by atoms with Crippen LogP contribution in [0.25, 0.3) is 16.9 Å². The van der Waals surface area contributed by atoms with E-state index in [2.05, 4.69) is 30.3 Å². The number of anilines is 3. The van der Waals surface area contributed by atoms with Gasteiger partial charge in [0, 0.05) is 24.2 Å². The van der Waals surface area contributed by atoms with E-state index in [1.165, 1.54) is 6.33 Å². The number of nitrogens with two attached hydrogens (primary N) is 1. The highest BCUT2D eigenvalue weighted by Crippen LogP contribution is 2.25. The van der Waals surface area contributed by atoms with Gasteiger partial charge in [-0.25, -0.2) is 19.5 Å². The molecule has 4 heterocycles. The van der Waals surface area contributed by atoms with Crippen molar-refractivity contribution in [1.29, 1.82) is 0 Å². The van der Waals surface area contributed by atoms with Crippen molar-refractivity contribution in [3.8, 4) is 11.3 Å². The summed E-state index contributed by atoms with van der Waals surface area (Å²) < 4.78 is 7.09. The largest absolute Gasteiger partial charge is 0.378 e. The normalized spacial score (nSPS) is 14.0. The molecule has 1 aliphatic heterocycles. The number of aromatic nitrogens is 5. The third kappa shape index (κ3) is 3.76. The summed E-state index contributed by atoms with van der Waals surface area (Å²) in [7, 11) is 0. The molecule has 0 spiro atoms. The molecule has 0 atom stereocenters. The fraction of sp³-hybridized carbons (Fsp3) is 0.190. The molecule has 4 aromatic rings. The lowest BCUT2D eigenvalue weighted by atomic mass is 10.1. The number of hydrogen-bond acceptors (Lipinski definition) is 8. The van der Waals surface area contributed by atoms with E-state index >= 15 is 0 Å². The summed E-state index contributed by atoms with van der Waals surface area (Å²) >= 11 is 0. The molecule has 3 N–H and O–H groups in total. The molecule has 1 fully saturated rings. The number of carbonyl (C=O) groups excluding carboxylic acids is 1. The minimum absolute atomic E-state index is 0.442. The number of benzene rings is 1. The number of primary amides is 1. The molecule has 1 amide bonds. The van der Waals surface area contributed by atoms with E-state index in [9.17, 15) is 4.79 Å². The SMILES string of the molecule is NC(=O)c1ccc(-c2cnc(Nc3ccc(N4CCOCC4)nc3)c3ncnn23)cc1. The summed E-state index contributed by atoms with van der Waals surface area (Å²) in [5.41, 5.74) is 8.73. The second-order valence-corrected chi connectivity index (χ2v) is 7.06. The van der Waals surface area contributed by atoms with E-state index in [0.717, 1.165) is 35.9 Å². The molecule has 0 bridgehead atoms. The maximum Gasteiger partial charge on any atom is 0.248 e. The standard InChI is InChI=1S/C21H20N8O2/c22-19(30)15-3-1-14(2-4-15)17-12-24-20(21-25-13-26-29(17)21)27-16-5-6-18(23-11-16)28-7-9-31-10-8-28/h1-6,11-13H,7-10H2,(H2,22,30)(H,24,27). The Morgan fingerprint density at radius 1 is 1.00 bits per heavy atom. The van der Waals surface area contributed by atoms with Gasteiger partial charge in [0.15, 0.2) is 11.5 Å². The van der Waals surface area contributed by atoms with Gasteiger partial charge in [-0.05, 0) is 24.3 Å². The third-order valence-corrected chi connectivity index (χ3v) is 5.11. The van der Waals surface area contributed by atoms with Crippen LogP contribution in [0.2, 0.25) is 0 Å². The van der Waals surface area contributed by atoms with E-state index in [1.54, 1.807) is 41.2 Å². The Labute approximate surface area is 177 Å². The molecule has 156 valence electrons. The second-order valence-electron chi connectivity index (χ2n) is 7.06. The van der Waals surface area contributed by atoms with Crippen molar-refractivity contribution < 1.29 is 9.53 Å². The average Bonchev–Trinajstić information content (AvgIpc) is 3.31. The minimum Gasteiger partial charge on any atom is -0.378 e. The first-order chi connectivity index (χ1) is 15.2. The molecule has 3 aromatic heterocycles.